The van der Waals surface area contributed by atoms with E-state index in [4.69, 9.17) is 11.0 Å². The first-order chi connectivity index (χ1) is 11.2. The normalized spacial score (nSPS) is 17.0. The molecule has 1 amide bonds. The van der Waals surface area contributed by atoms with Gasteiger partial charge in [-0.15, -0.1) is 0 Å². The molecule has 5 heteroatoms. The molecule has 1 aliphatic rings. The Morgan fingerprint density at radius 2 is 2.26 bits per heavy atom. The molecule has 3 rings (SSSR count). The van der Waals surface area contributed by atoms with Crippen LogP contribution in [-0.2, 0) is 6.42 Å². The number of benzene rings is 1. The molecular formula is C18H18N4O. The van der Waals surface area contributed by atoms with E-state index in [2.05, 4.69) is 16.0 Å². The Morgan fingerprint density at radius 1 is 1.39 bits per heavy atom. The molecule has 1 aromatic carbocycles. The molecule has 1 saturated heterocycles. The van der Waals surface area contributed by atoms with E-state index in [1.54, 1.807) is 18.3 Å². The zero-order valence-electron chi connectivity index (χ0n) is 12.8. The molecule has 0 aliphatic carbocycles. The van der Waals surface area contributed by atoms with Crippen molar-refractivity contribution in [3.05, 3.63) is 59.3 Å². The molecule has 116 valence electrons. The highest BCUT2D eigenvalue weighted by atomic mass is 16.1. The summed E-state index contributed by atoms with van der Waals surface area (Å²) in [5.41, 5.74) is 7.61. The number of rotatable bonds is 4. The van der Waals surface area contributed by atoms with Gasteiger partial charge in [0.15, 0.2) is 0 Å². The number of carbonyl (C=O) groups excluding carboxylic acids is 1. The molecule has 0 spiro atoms. The van der Waals surface area contributed by atoms with Gasteiger partial charge in [-0.2, -0.15) is 5.26 Å². The van der Waals surface area contributed by atoms with E-state index in [1.807, 2.05) is 24.3 Å². The molecule has 5 nitrogen and oxygen atoms in total. The van der Waals surface area contributed by atoms with Gasteiger partial charge >= 0.3 is 0 Å². The highest BCUT2D eigenvalue weighted by molar-refractivity contribution is 5.92. The number of carbonyl (C=O) groups is 1. The van der Waals surface area contributed by atoms with Crippen molar-refractivity contribution in [3.8, 4) is 6.07 Å². The van der Waals surface area contributed by atoms with E-state index in [-0.39, 0.29) is 5.91 Å². The Labute approximate surface area is 135 Å². The zero-order chi connectivity index (χ0) is 16.2. The minimum atomic E-state index is -0.387. The first-order valence-corrected chi connectivity index (χ1v) is 7.65. The van der Waals surface area contributed by atoms with Crippen LogP contribution in [0.15, 0.2) is 42.6 Å². The van der Waals surface area contributed by atoms with Crippen molar-refractivity contribution in [2.45, 2.75) is 12.8 Å². The van der Waals surface area contributed by atoms with Crippen molar-refractivity contribution in [2.24, 2.45) is 11.7 Å². The van der Waals surface area contributed by atoms with Crippen molar-refractivity contribution >= 4 is 11.7 Å². The summed E-state index contributed by atoms with van der Waals surface area (Å²) in [6.07, 6.45) is 3.62. The summed E-state index contributed by atoms with van der Waals surface area (Å²) in [6, 6.07) is 13.3. The molecule has 1 aromatic heterocycles. The van der Waals surface area contributed by atoms with Crippen LogP contribution < -0.4 is 10.6 Å². The summed E-state index contributed by atoms with van der Waals surface area (Å²) < 4.78 is 0. The third kappa shape index (κ3) is 3.49. The molecule has 23 heavy (non-hydrogen) atoms. The van der Waals surface area contributed by atoms with Crippen molar-refractivity contribution in [2.75, 3.05) is 18.0 Å². The molecule has 2 N–H and O–H groups in total. The van der Waals surface area contributed by atoms with Gasteiger partial charge in [-0.05, 0) is 48.6 Å². The zero-order valence-corrected chi connectivity index (χ0v) is 12.8. The second-order valence-electron chi connectivity index (χ2n) is 5.89. The van der Waals surface area contributed by atoms with Crippen LogP contribution in [0.5, 0.6) is 0 Å². The number of amides is 1. The van der Waals surface area contributed by atoms with Gasteiger partial charge in [0.05, 0.1) is 5.56 Å². The van der Waals surface area contributed by atoms with Gasteiger partial charge in [0.2, 0.25) is 5.91 Å². The monoisotopic (exact) mass is 306 g/mol. The lowest BCUT2D eigenvalue weighted by Gasteiger charge is -2.17. The summed E-state index contributed by atoms with van der Waals surface area (Å²) in [6.45, 7) is 1.89. The Bertz CT molecular complexity index is 748. The minimum absolute atomic E-state index is 0.387. The van der Waals surface area contributed by atoms with Gasteiger partial charge in [-0.1, -0.05) is 12.1 Å². The number of primary amides is 1. The fourth-order valence-electron chi connectivity index (χ4n) is 3.03. The van der Waals surface area contributed by atoms with Gasteiger partial charge in [-0.25, -0.2) is 4.98 Å². The van der Waals surface area contributed by atoms with Crippen LogP contribution in [0.4, 0.5) is 5.82 Å². The van der Waals surface area contributed by atoms with Crippen LogP contribution in [0.1, 0.15) is 27.9 Å². The Hall–Kier alpha value is -2.87. The van der Waals surface area contributed by atoms with Crippen LogP contribution in [0, 0.1) is 17.2 Å². The quantitative estimate of drug-likeness (QED) is 0.938. The SMILES string of the molecule is N#Cc1ccc(N2CCC(Cc3cccc(C(N)=O)c3)C2)nc1. The number of nitrogens with zero attached hydrogens (tertiary/aromatic N) is 3. The Balaban J connectivity index is 1.64. The van der Waals surface area contributed by atoms with Gasteiger partial charge in [-0.3, -0.25) is 4.79 Å². The van der Waals surface area contributed by atoms with Crippen molar-refractivity contribution < 1.29 is 4.79 Å². The van der Waals surface area contributed by atoms with Gasteiger partial charge in [0, 0.05) is 24.8 Å². The molecule has 1 unspecified atom stereocenters. The minimum Gasteiger partial charge on any atom is -0.366 e. The molecular weight excluding hydrogens is 288 g/mol. The maximum atomic E-state index is 11.3. The number of pyridine rings is 1. The van der Waals surface area contributed by atoms with Crippen LogP contribution >= 0.6 is 0 Å². The van der Waals surface area contributed by atoms with E-state index < -0.39 is 0 Å². The molecule has 1 fully saturated rings. The smallest absolute Gasteiger partial charge is 0.248 e. The number of anilines is 1. The second kappa shape index (κ2) is 6.49. The molecule has 0 saturated carbocycles. The topological polar surface area (TPSA) is 83.0 Å². The van der Waals surface area contributed by atoms with Crippen LogP contribution in [0.2, 0.25) is 0 Å². The third-order valence-corrected chi connectivity index (χ3v) is 4.22. The predicted molar refractivity (Wildman–Crippen MR) is 87.9 cm³/mol. The summed E-state index contributed by atoms with van der Waals surface area (Å²) in [7, 11) is 0. The number of hydrogen-bond acceptors (Lipinski definition) is 4. The lowest BCUT2D eigenvalue weighted by molar-refractivity contribution is 0.1000. The van der Waals surface area contributed by atoms with Crippen LogP contribution in [0.3, 0.4) is 0 Å². The van der Waals surface area contributed by atoms with E-state index in [9.17, 15) is 4.79 Å². The lowest BCUT2D eigenvalue weighted by atomic mass is 9.97. The average Bonchev–Trinajstić information content (AvgIpc) is 3.03. The highest BCUT2D eigenvalue weighted by Gasteiger charge is 2.23. The van der Waals surface area contributed by atoms with Crippen LogP contribution in [0.25, 0.3) is 0 Å². The van der Waals surface area contributed by atoms with Crippen molar-refractivity contribution in [1.82, 2.24) is 4.98 Å². The third-order valence-electron chi connectivity index (χ3n) is 4.22. The number of aromatic nitrogens is 1. The lowest BCUT2D eigenvalue weighted by Crippen LogP contribution is -2.21. The second-order valence-corrected chi connectivity index (χ2v) is 5.89. The first-order valence-electron chi connectivity index (χ1n) is 7.65. The standard InChI is InChI=1S/C18H18N4O/c19-10-15-4-5-17(21-11-15)22-7-6-14(12-22)8-13-2-1-3-16(9-13)18(20)23/h1-5,9,11,14H,6-8,12H2,(H2,20,23). The summed E-state index contributed by atoms with van der Waals surface area (Å²) in [5.74, 6) is 1.05. The van der Waals surface area contributed by atoms with Crippen LogP contribution in [-0.4, -0.2) is 24.0 Å². The number of hydrogen-bond donors (Lipinski definition) is 1. The molecule has 1 aliphatic heterocycles. The maximum absolute atomic E-state index is 11.3. The van der Waals surface area contributed by atoms with Crippen molar-refractivity contribution in [1.29, 1.82) is 5.26 Å². The highest BCUT2D eigenvalue weighted by Crippen LogP contribution is 2.25. The number of nitriles is 1. The fraction of sp³-hybridized carbons (Fsp3) is 0.278. The molecule has 0 bridgehead atoms. The first kappa shape index (κ1) is 15.0. The summed E-state index contributed by atoms with van der Waals surface area (Å²) >= 11 is 0. The van der Waals surface area contributed by atoms with Gasteiger partial charge in [0.25, 0.3) is 0 Å². The fourth-order valence-corrected chi connectivity index (χ4v) is 3.03. The molecule has 0 radical (unpaired) electrons. The van der Waals surface area contributed by atoms with E-state index >= 15 is 0 Å². The Morgan fingerprint density at radius 3 is 2.96 bits per heavy atom. The summed E-state index contributed by atoms with van der Waals surface area (Å²) in [4.78, 5) is 17.9. The predicted octanol–water partition coefficient (Wildman–Crippen LogP) is 2.12. The van der Waals surface area contributed by atoms with E-state index in [0.717, 1.165) is 37.3 Å². The number of nitrogens with two attached hydrogens (primary N) is 1. The van der Waals surface area contributed by atoms with Crippen molar-refractivity contribution in [3.63, 3.8) is 0 Å². The maximum Gasteiger partial charge on any atom is 0.248 e. The van der Waals surface area contributed by atoms with E-state index in [0.29, 0.717) is 17.0 Å². The summed E-state index contributed by atoms with van der Waals surface area (Å²) in [5, 5.41) is 8.82. The largest absolute Gasteiger partial charge is 0.366 e. The average molecular weight is 306 g/mol. The van der Waals surface area contributed by atoms with Gasteiger partial charge in [0.1, 0.15) is 11.9 Å². The molecule has 2 heterocycles. The van der Waals surface area contributed by atoms with E-state index in [1.165, 1.54) is 0 Å². The van der Waals surface area contributed by atoms with Gasteiger partial charge < -0.3 is 10.6 Å². The molecule has 2 aromatic rings. The Kier molecular flexibility index (Phi) is 4.24. The molecule has 1 atom stereocenters.